The molecule has 0 spiro atoms. The summed E-state index contributed by atoms with van der Waals surface area (Å²) in [6, 6.07) is 5.06. The van der Waals surface area contributed by atoms with Crippen LogP contribution >= 0.6 is 10.7 Å². The Balaban J connectivity index is 2.44. The van der Waals surface area contributed by atoms with E-state index in [1.54, 1.807) is 26.4 Å². The molecule has 1 aromatic rings. The first kappa shape index (κ1) is 16.5. The highest BCUT2D eigenvalue weighted by molar-refractivity contribution is 8.13. The third-order valence-electron chi connectivity index (χ3n) is 4.03. The molecular weight excluding hydrogens is 316 g/mol. The lowest BCUT2D eigenvalue weighted by Gasteiger charge is -2.47. The van der Waals surface area contributed by atoms with E-state index < -0.39 is 9.05 Å². The maximum absolute atomic E-state index is 11.7. The van der Waals surface area contributed by atoms with E-state index in [-0.39, 0.29) is 22.2 Å². The molecule has 0 bridgehead atoms. The molecule has 0 radical (unpaired) electrons. The summed E-state index contributed by atoms with van der Waals surface area (Å²) in [7, 11) is 6.34. The molecule has 21 heavy (non-hydrogen) atoms. The monoisotopic (exact) mass is 334 g/mol. The quantitative estimate of drug-likeness (QED) is 0.747. The van der Waals surface area contributed by atoms with Crippen LogP contribution in [0.25, 0.3) is 0 Å². The second-order valence-corrected chi connectivity index (χ2v) is 7.82. The highest BCUT2D eigenvalue weighted by atomic mass is 35.7. The van der Waals surface area contributed by atoms with Crippen molar-refractivity contribution in [3.63, 3.8) is 0 Å². The lowest BCUT2D eigenvalue weighted by molar-refractivity contribution is -0.0483. The Bertz CT molecular complexity index is 608. The zero-order valence-corrected chi connectivity index (χ0v) is 13.8. The van der Waals surface area contributed by atoms with Gasteiger partial charge in [-0.1, -0.05) is 6.07 Å². The highest BCUT2D eigenvalue weighted by Crippen LogP contribution is 2.46. The minimum atomic E-state index is -3.87. The molecule has 0 heterocycles. The summed E-state index contributed by atoms with van der Waals surface area (Å²) >= 11 is 0. The molecule has 0 unspecified atom stereocenters. The number of benzene rings is 1. The first-order valence-electron chi connectivity index (χ1n) is 6.51. The third kappa shape index (κ3) is 3.18. The van der Waals surface area contributed by atoms with E-state index in [9.17, 15) is 8.42 Å². The molecule has 1 aliphatic carbocycles. The van der Waals surface area contributed by atoms with Crippen LogP contribution in [0.5, 0.6) is 5.75 Å². The van der Waals surface area contributed by atoms with E-state index in [1.807, 2.05) is 6.07 Å². The van der Waals surface area contributed by atoms with Gasteiger partial charge in [-0.2, -0.15) is 0 Å². The van der Waals surface area contributed by atoms with Crippen molar-refractivity contribution in [2.45, 2.75) is 29.3 Å². The first-order valence-corrected chi connectivity index (χ1v) is 8.82. The molecule has 0 aromatic heterocycles. The molecule has 0 N–H and O–H groups in total. The summed E-state index contributed by atoms with van der Waals surface area (Å²) < 4.78 is 39.1. The van der Waals surface area contributed by atoms with E-state index in [1.165, 1.54) is 7.11 Å². The second-order valence-electron chi connectivity index (χ2n) is 5.28. The summed E-state index contributed by atoms with van der Waals surface area (Å²) in [5.41, 5.74) is 0.635. The second kappa shape index (κ2) is 6.12. The Morgan fingerprint density at radius 2 is 1.95 bits per heavy atom. The molecule has 0 amide bonds. The van der Waals surface area contributed by atoms with E-state index in [4.69, 9.17) is 24.9 Å². The SMILES string of the molecule is COCC1(c2ccc(OC)c(S(=O)(=O)Cl)c2)CC(OC)C1. The van der Waals surface area contributed by atoms with Gasteiger partial charge in [0.15, 0.2) is 0 Å². The van der Waals surface area contributed by atoms with E-state index >= 15 is 0 Å². The van der Waals surface area contributed by atoms with Crippen molar-refractivity contribution in [2.24, 2.45) is 0 Å². The van der Waals surface area contributed by atoms with Gasteiger partial charge >= 0.3 is 0 Å². The largest absolute Gasteiger partial charge is 0.495 e. The van der Waals surface area contributed by atoms with Crippen molar-refractivity contribution >= 4 is 19.7 Å². The van der Waals surface area contributed by atoms with Crippen LogP contribution in [0.2, 0.25) is 0 Å². The zero-order chi connectivity index (χ0) is 15.7. The van der Waals surface area contributed by atoms with Gasteiger partial charge in [0.25, 0.3) is 9.05 Å². The number of rotatable bonds is 6. The van der Waals surface area contributed by atoms with Crippen molar-refractivity contribution in [3.05, 3.63) is 23.8 Å². The fourth-order valence-electron chi connectivity index (χ4n) is 2.89. The molecule has 0 saturated heterocycles. The fraction of sp³-hybridized carbons (Fsp3) is 0.571. The zero-order valence-electron chi connectivity index (χ0n) is 12.3. The lowest BCUT2D eigenvalue weighted by atomic mass is 9.63. The van der Waals surface area contributed by atoms with Crippen molar-refractivity contribution in [2.75, 3.05) is 27.9 Å². The topological polar surface area (TPSA) is 61.8 Å². The van der Waals surface area contributed by atoms with Gasteiger partial charge in [0.2, 0.25) is 0 Å². The van der Waals surface area contributed by atoms with Gasteiger partial charge in [0.05, 0.1) is 19.8 Å². The van der Waals surface area contributed by atoms with Crippen molar-refractivity contribution < 1.29 is 22.6 Å². The van der Waals surface area contributed by atoms with E-state index in [0.717, 1.165) is 18.4 Å². The smallest absolute Gasteiger partial charge is 0.264 e. The Morgan fingerprint density at radius 1 is 1.29 bits per heavy atom. The first-order chi connectivity index (χ1) is 9.86. The van der Waals surface area contributed by atoms with E-state index in [0.29, 0.717) is 6.61 Å². The van der Waals surface area contributed by atoms with Gasteiger partial charge < -0.3 is 14.2 Å². The Kier molecular flexibility index (Phi) is 4.82. The Labute approximate surface area is 129 Å². The minimum absolute atomic E-state index is 0.0134. The predicted molar refractivity (Wildman–Crippen MR) is 79.6 cm³/mol. The molecule has 0 aliphatic heterocycles. The van der Waals surface area contributed by atoms with Crippen LogP contribution in [-0.2, 0) is 23.9 Å². The molecule has 1 fully saturated rings. The van der Waals surface area contributed by atoms with Crippen LogP contribution in [0.3, 0.4) is 0 Å². The predicted octanol–water partition coefficient (Wildman–Crippen LogP) is 2.32. The number of hydrogen-bond donors (Lipinski definition) is 0. The Morgan fingerprint density at radius 3 is 2.43 bits per heavy atom. The van der Waals surface area contributed by atoms with Crippen LogP contribution in [0, 0.1) is 0 Å². The normalized spacial score (nSPS) is 25.4. The van der Waals surface area contributed by atoms with Crippen molar-refractivity contribution in [3.8, 4) is 5.75 Å². The number of hydrogen-bond acceptors (Lipinski definition) is 5. The molecule has 118 valence electrons. The van der Waals surface area contributed by atoms with Gasteiger partial charge in [-0.05, 0) is 30.5 Å². The van der Waals surface area contributed by atoms with Gasteiger partial charge in [-0.3, -0.25) is 0 Å². The summed E-state index contributed by atoms with van der Waals surface area (Å²) in [5, 5.41) is 0. The summed E-state index contributed by atoms with van der Waals surface area (Å²) in [6.45, 7) is 0.501. The maximum Gasteiger partial charge on any atom is 0.264 e. The molecule has 1 aliphatic rings. The van der Waals surface area contributed by atoms with Crippen molar-refractivity contribution in [1.82, 2.24) is 0 Å². The molecule has 1 saturated carbocycles. The lowest BCUT2D eigenvalue weighted by Crippen LogP contribution is -2.48. The summed E-state index contributed by atoms with van der Waals surface area (Å²) in [5.74, 6) is 0.240. The molecule has 7 heteroatoms. The van der Waals surface area contributed by atoms with Gasteiger partial charge in [0.1, 0.15) is 10.6 Å². The number of methoxy groups -OCH3 is 3. The van der Waals surface area contributed by atoms with Crippen LogP contribution in [-0.4, -0.2) is 42.5 Å². The highest BCUT2D eigenvalue weighted by Gasteiger charge is 2.46. The maximum atomic E-state index is 11.7. The van der Waals surface area contributed by atoms with Gasteiger partial charge in [-0.15, -0.1) is 0 Å². The van der Waals surface area contributed by atoms with Crippen LogP contribution < -0.4 is 4.74 Å². The van der Waals surface area contributed by atoms with Gasteiger partial charge in [-0.25, -0.2) is 8.42 Å². The average Bonchev–Trinajstić information content (AvgIpc) is 2.40. The summed E-state index contributed by atoms with van der Waals surface area (Å²) in [6.07, 6.45) is 1.73. The van der Waals surface area contributed by atoms with E-state index in [2.05, 4.69) is 0 Å². The van der Waals surface area contributed by atoms with Gasteiger partial charge in [0, 0.05) is 30.3 Å². The standard InChI is InChI=1S/C14H19ClO5S/c1-18-9-14(7-11(8-14)19-2)10-4-5-12(20-3)13(6-10)21(15,16)17/h4-6,11H,7-9H2,1-3H3. The molecule has 2 rings (SSSR count). The minimum Gasteiger partial charge on any atom is -0.495 e. The molecular formula is C14H19ClO5S. The molecule has 0 atom stereocenters. The number of halogens is 1. The fourth-order valence-corrected chi connectivity index (χ4v) is 3.91. The summed E-state index contributed by atoms with van der Waals surface area (Å²) in [4.78, 5) is -0.0134. The molecule has 1 aromatic carbocycles. The average molecular weight is 335 g/mol. The Hall–Kier alpha value is -0.820. The number of ether oxygens (including phenoxy) is 3. The van der Waals surface area contributed by atoms with Crippen LogP contribution in [0.1, 0.15) is 18.4 Å². The third-order valence-corrected chi connectivity index (χ3v) is 5.37. The van der Waals surface area contributed by atoms with Crippen LogP contribution in [0.15, 0.2) is 23.1 Å². The van der Waals surface area contributed by atoms with Crippen molar-refractivity contribution in [1.29, 1.82) is 0 Å². The van der Waals surface area contributed by atoms with Crippen LogP contribution in [0.4, 0.5) is 0 Å². The molecule has 5 nitrogen and oxygen atoms in total.